The predicted octanol–water partition coefficient (Wildman–Crippen LogP) is 3.54. The van der Waals surface area contributed by atoms with Crippen LogP contribution in [0.25, 0.3) is 0 Å². The second-order valence-corrected chi connectivity index (χ2v) is 7.42. The van der Waals surface area contributed by atoms with Crippen molar-refractivity contribution in [3.63, 3.8) is 0 Å². The van der Waals surface area contributed by atoms with Crippen LogP contribution in [0.4, 0.5) is 0 Å². The van der Waals surface area contributed by atoms with Gasteiger partial charge in [-0.05, 0) is 36.2 Å². The molecular weight excluding hydrogens is 370 g/mol. The van der Waals surface area contributed by atoms with Gasteiger partial charge in [-0.2, -0.15) is 0 Å². The van der Waals surface area contributed by atoms with E-state index in [1.807, 2.05) is 64.9 Å². The zero-order chi connectivity index (χ0) is 19.8. The maximum atomic E-state index is 13.1. The number of nitrogens with zero attached hydrogens (tertiary/aromatic N) is 2. The van der Waals surface area contributed by atoms with Crippen LogP contribution in [0.15, 0.2) is 60.0 Å². The van der Waals surface area contributed by atoms with E-state index in [0.29, 0.717) is 31.7 Å². The maximum absolute atomic E-state index is 13.1. The number of benzene rings is 2. The van der Waals surface area contributed by atoms with E-state index >= 15 is 0 Å². The molecule has 0 atom stereocenters. The molecule has 6 heteroatoms. The first-order chi connectivity index (χ1) is 13.7. The average molecular weight is 396 g/mol. The molecule has 5 nitrogen and oxygen atoms in total. The molecule has 0 aliphatic carbocycles. The zero-order valence-electron chi connectivity index (χ0n) is 16.0. The Bertz CT molecular complexity index is 878. The summed E-state index contributed by atoms with van der Waals surface area (Å²) in [6.45, 7) is 1.70. The van der Waals surface area contributed by atoms with Gasteiger partial charge in [-0.1, -0.05) is 42.5 Å². The van der Waals surface area contributed by atoms with Gasteiger partial charge in [0.25, 0.3) is 5.91 Å². The highest BCUT2D eigenvalue weighted by Gasteiger charge is 2.19. The molecule has 0 spiro atoms. The van der Waals surface area contributed by atoms with E-state index in [-0.39, 0.29) is 5.91 Å². The maximum Gasteiger partial charge on any atom is 0.273 e. The summed E-state index contributed by atoms with van der Waals surface area (Å²) in [5, 5.41) is 2.74. The molecule has 0 saturated heterocycles. The number of nitrogens with two attached hydrogens (primary N) is 1. The molecule has 2 aromatic carbocycles. The third-order valence-corrected chi connectivity index (χ3v) is 5.37. The van der Waals surface area contributed by atoms with E-state index in [2.05, 4.69) is 4.98 Å². The highest BCUT2D eigenvalue weighted by atomic mass is 32.1. The monoisotopic (exact) mass is 395 g/mol. The molecule has 3 aromatic rings. The van der Waals surface area contributed by atoms with Crippen molar-refractivity contribution in [3.8, 4) is 5.75 Å². The second-order valence-electron chi connectivity index (χ2n) is 6.48. The van der Waals surface area contributed by atoms with Crippen molar-refractivity contribution >= 4 is 17.2 Å². The molecule has 1 amide bonds. The van der Waals surface area contributed by atoms with Crippen molar-refractivity contribution in [2.24, 2.45) is 5.73 Å². The van der Waals surface area contributed by atoms with Crippen LogP contribution < -0.4 is 10.5 Å². The molecule has 0 aliphatic heterocycles. The summed E-state index contributed by atoms with van der Waals surface area (Å²) in [5.41, 5.74) is 8.36. The van der Waals surface area contributed by atoms with E-state index in [9.17, 15) is 4.79 Å². The van der Waals surface area contributed by atoms with Gasteiger partial charge in [0.2, 0.25) is 0 Å². The van der Waals surface area contributed by atoms with E-state index < -0.39 is 0 Å². The van der Waals surface area contributed by atoms with Crippen LogP contribution in [0.1, 0.15) is 26.6 Å². The topological polar surface area (TPSA) is 68.5 Å². The number of carbonyl (C=O) groups is 1. The smallest absolute Gasteiger partial charge is 0.273 e. The number of thiazole rings is 1. The van der Waals surface area contributed by atoms with Crippen LogP contribution in [0.2, 0.25) is 0 Å². The number of hydrogen-bond donors (Lipinski definition) is 1. The van der Waals surface area contributed by atoms with Crippen molar-refractivity contribution < 1.29 is 9.53 Å². The van der Waals surface area contributed by atoms with Crippen molar-refractivity contribution in [2.75, 3.05) is 20.2 Å². The summed E-state index contributed by atoms with van der Waals surface area (Å²) < 4.78 is 5.21. The summed E-state index contributed by atoms with van der Waals surface area (Å²) >= 11 is 1.49. The highest BCUT2D eigenvalue weighted by molar-refractivity contribution is 7.09. The molecule has 146 valence electrons. The number of ether oxygens (including phenoxy) is 1. The molecule has 0 radical (unpaired) electrons. The second kappa shape index (κ2) is 10.0. The van der Waals surface area contributed by atoms with Crippen LogP contribution in [-0.4, -0.2) is 36.0 Å². The largest absolute Gasteiger partial charge is 0.497 e. The quantitative estimate of drug-likeness (QED) is 0.602. The van der Waals surface area contributed by atoms with Gasteiger partial charge in [-0.3, -0.25) is 4.79 Å². The Labute approximate surface area is 169 Å². The van der Waals surface area contributed by atoms with Gasteiger partial charge in [-0.25, -0.2) is 4.98 Å². The minimum absolute atomic E-state index is 0.0445. The van der Waals surface area contributed by atoms with E-state index in [4.69, 9.17) is 10.5 Å². The molecule has 3 rings (SSSR count). The summed E-state index contributed by atoms with van der Waals surface area (Å²) in [6, 6.07) is 18.0. The highest BCUT2D eigenvalue weighted by Crippen LogP contribution is 2.16. The number of methoxy groups -OCH3 is 1. The third-order valence-electron chi connectivity index (χ3n) is 4.46. The van der Waals surface area contributed by atoms with E-state index in [0.717, 1.165) is 28.3 Å². The van der Waals surface area contributed by atoms with E-state index in [1.54, 1.807) is 7.11 Å². The van der Waals surface area contributed by atoms with Crippen molar-refractivity contribution in [2.45, 2.75) is 19.4 Å². The van der Waals surface area contributed by atoms with Gasteiger partial charge in [0.1, 0.15) is 11.4 Å². The lowest BCUT2D eigenvalue weighted by molar-refractivity contribution is 0.0739. The van der Waals surface area contributed by atoms with Crippen molar-refractivity contribution in [3.05, 3.63) is 81.8 Å². The summed E-state index contributed by atoms with van der Waals surface area (Å²) in [4.78, 5) is 19.4. The fourth-order valence-electron chi connectivity index (χ4n) is 2.92. The molecule has 1 heterocycles. The molecule has 0 unspecified atom stereocenters. The SMILES string of the molecule is COc1ccc(CCN(Cc2ccccc2)C(=O)c2csc(CCN)n2)cc1. The van der Waals surface area contributed by atoms with Crippen molar-refractivity contribution in [1.29, 1.82) is 0 Å². The Balaban J connectivity index is 1.74. The Hall–Kier alpha value is -2.70. The lowest BCUT2D eigenvalue weighted by atomic mass is 10.1. The first-order valence-electron chi connectivity index (χ1n) is 9.30. The van der Waals surface area contributed by atoms with Crippen LogP contribution in [0, 0.1) is 0 Å². The van der Waals surface area contributed by atoms with Crippen molar-refractivity contribution in [1.82, 2.24) is 9.88 Å². The molecular formula is C22H25N3O2S. The van der Waals surface area contributed by atoms with Crippen LogP contribution in [0.5, 0.6) is 5.75 Å². The number of rotatable bonds is 9. The number of aromatic nitrogens is 1. The Morgan fingerprint density at radius 2 is 1.82 bits per heavy atom. The van der Waals surface area contributed by atoms with Crippen LogP contribution in [0.3, 0.4) is 0 Å². The summed E-state index contributed by atoms with van der Waals surface area (Å²) in [5.74, 6) is 0.785. The van der Waals surface area contributed by atoms with Gasteiger partial charge in [-0.15, -0.1) is 11.3 Å². The zero-order valence-corrected chi connectivity index (χ0v) is 16.8. The number of hydrogen-bond acceptors (Lipinski definition) is 5. The predicted molar refractivity (Wildman–Crippen MR) is 113 cm³/mol. The van der Waals surface area contributed by atoms with E-state index in [1.165, 1.54) is 11.3 Å². The average Bonchev–Trinajstić information content (AvgIpc) is 3.20. The summed E-state index contributed by atoms with van der Waals surface area (Å²) in [6.07, 6.45) is 1.46. The number of carbonyl (C=O) groups excluding carboxylic acids is 1. The normalized spacial score (nSPS) is 10.6. The Kier molecular flexibility index (Phi) is 7.17. The molecule has 0 bridgehead atoms. The lowest BCUT2D eigenvalue weighted by Crippen LogP contribution is -2.32. The van der Waals surface area contributed by atoms with Gasteiger partial charge in [0.05, 0.1) is 12.1 Å². The lowest BCUT2D eigenvalue weighted by Gasteiger charge is -2.22. The molecule has 28 heavy (non-hydrogen) atoms. The van der Waals surface area contributed by atoms with Gasteiger partial charge in [0.15, 0.2) is 0 Å². The molecule has 0 fully saturated rings. The first kappa shape index (κ1) is 20.0. The number of amides is 1. The van der Waals surface area contributed by atoms with Gasteiger partial charge < -0.3 is 15.4 Å². The minimum Gasteiger partial charge on any atom is -0.497 e. The van der Waals surface area contributed by atoms with Gasteiger partial charge >= 0.3 is 0 Å². The van der Waals surface area contributed by atoms with Gasteiger partial charge in [0, 0.05) is 24.9 Å². The molecule has 2 N–H and O–H groups in total. The standard InChI is InChI=1S/C22H25N3O2S/c1-27-19-9-7-17(8-10-19)12-14-25(15-18-5-3-2-4-6-18)22(26)20-16-28-21(24-20)11-13-23/h2-10,16H,11-15,23H2,1H3. The molecule has 1 aromatic heterocycles. The Morgan fingerprint density at radius 1 is 1.07 bits per heavy atom. The van der Waals surface area contributed by atoms with Crippen LogP contribution >= 0.6 is 11.3 Å². The molecule has 0 saturated carbocycles. The Morgan fingerprint density at radius 3 is 2.50 bits per heavy atom. The molecule has 0 aliphatic rings. The third kappa shape index (κ3) is 5.41. The summed E-state index contributed by atoms with van der Waals surface area (Å²) in [7, 11) is 1.65. The fraction of sp³-hybridized carbons (Fsp3) is 0.273. The van der Waals surface area contributed by atoms with Crippen LogP contribution in [-0.2, 0) is 19.4 Å². The fourth-order valence-corrected chi connectivity index (χ4v) is 3.71. The minimum atomic E-state index is -0.0445. The first-order valence-corrected chi connectivity index (χ1v) is 10.2.